The van der Waals surface area contributed by atoms with Crippen LogP contribution in [0.3, 0.4) is 0 Å². The maximum atomic E-state index is 3.28. The summed E-state index contributed by atoms with van der Waals surface area (Å²) in [5, 5.41) is 6.39. The van der Waals surface area contributed by atoms with Crippen molar-refractivity contribution in [2.45, 2.75) is 12.5 Å². The van der Waals surface area contributed by atoms with Crippen LogP contribution in [-0.2, 0) is 0 Å². The molecule has 2 heteroatoms. The second-order valence-corrected chi connectivity index (χ2v) is 2.00. The zero-order chi connectivity index (χ0) is 5.11. The molecule has 1 aliphatic heterocycles. The number of nitrogens with one attached hydrogen (secondary N) is 2. The van der Waals surface area contributed by atoms with E-state index < -0.39 is 0 Å². The van der Waals surface area contributed by atoms with Gasteiger partial charge in [0.05, 0.1) is 0 Å². The van der Waals surface area contributed by atoms with Gasteiger partial charge in [-0.3, -0.25) is 0 Å². The molecule has 1 aliphatic rings. The van der Waals surface area contributed by atoms with Gasteiger partial charge >= 0.3 is 0 Å². The quantitative estimate of drug-likeness (QED) is 0.492. The van der Waals surface area contributed by atoms with E-state index in [9.17, 15) is 0 Å². The van der Waals surface area contributed by atoms with E-state index in [2.05, 4.69) is 10.6 Å². The van der Waals surface area contributed by atoms with Crippen molar-refractivity contribution in [3.05, 3.63) is 0 Å². The van der Waals surface area contributed by atoms with Crippen molar-refractivity contribution in [2.75, 3.05) is 20.1 Å². The Balaban J connectivity index is 1.93. The molecule has 1 heterocycles. The Kier molecular flexibility index (Phi) is 1.65. The van der Waals surface area contributed by atoms with Crippen molar-refractivity contribution in [1.82, 2.24) is 10.6 Å². The van der Waals surface area contributed by atoms with Crippen molar-refractivity contribution >= 4 is 0 Å². The molecule has 2 nitrogen and oxygen atoms in total. The van der Waals surface area contributed by atoms with E-state index in [-0.39, 0.29) is 0 Å². The second-order valence-electron chi connectivity index (χ2n) is 2.00. The maximum Gasteiger partial charge on any atom is 0.0204 e. The largest absolute Gasteiger partial charge is 0.318 e. The molecule has 0 aromatic carbocycles. The van der Waals surface area contributed by atoms with Gasteiger partial charge in [-0.1, -0.05) is 0 Å². The summed E-state index contributed by atoms with van der Waals surface area (Å²) in [5.41, 5.74) is 0. The van der Waals surface area contributed by atoms with Gasteiger partial charge < -0.3 is 10.6 Å². The molecule has 2 N–H and O–H groups in total. The highest BCUT2D eigenvalue weighted by Crippen LogP contribution is 1.97. The Labute approximate surface area is 44.3 Å². The normalized spacial score (nSPS) is 29.6. The summed E-state index contributed by atoms with van der Waals surface area (Å²) in [6, 6.07) is 0.769. The summed E-state index contributed by atoms with van der Waals surface area (Å²) in [4.78, 5) is 0. The summed E-state index contributed by atoms with van der Waals surface area (Å²) < 4.78 is 0. The Morgan fingerprint density at radius 2 is 2.57 bits per heavy atom. The van der Waals surface area contributed by atoms with E-state index in [1.807, 2.05) is 7.05 Å². The molecule has 0 aliphatic carbocycles. The lowest BCUT2D eigenvalue weighted by atomic mass is 10.1. The number of likely N-dealkylation sites (N-methyl/N-ethyl adjacent to an activating group) is 1. The van der Waals surface area contributed by atoms with Crippen LogP contribution in [0.25, 0.3) is 0 Å². The first-order chi connectivity index (χ1) is 3.43. The van der Waals surface area contributed by atoms with Gasteiger partial charge in [0.25, 0.3) is 0 Å². The lowest BCUT2D eigenvalue weighted by molar-refractivity contribution is 0.362. The van der Waals surface area contributed by atoms with Gasteiger partial charge in [0.1, 0.15) is 0 Å². The molecule has 0 radical (unpaired) electrons. The lowest BCUT2D eigenvalue weighted by Crippen LogP contribution is -2.48. The van der Waals surface area contributed by atoms with Crippen LogP contribution in [-0.4, -0.2) is 26.2 Å². The van der Waals surface area contributed by atoms with Crippen LogP contribution in [0.5, 0.6) is 0 Å². The molecule has 0 unspecified atom stereocenters. The van der Waals surface area contributed by atoms with Gasteiger partial charge in [0.2, 0.25) is 0 Å². The van der Waals surface area contributed by atoms with E-state index in [0.717, 1.165) is 12.6 Å². The second kappa shape index (κ2) is 2.28. The van der Waals surface area contributed by atoms with Gasteiger partial charge in [-0.2, -0.15) is 0 Å². The molecule has 0 aromatic rings. The van der Waals surface area contributed by atoms with Gasteiger partial charge in [-0.15, -0.1) is 0 Å². The van der Waals surface area contributed by atoms with Crippen molar-refractivity contribution in [2.24, 2.45) is 0 Å². The third kappa shape index (κ3) is 1.14. The average molecular weight is 100 g/mol. The molecule has 0 bridgehead atoms. The summed E-state index contributed by atoms with van der Waals surface area (Å²) in [7, 11) is 1.99. The molecule has 0 amide bonds. The molecule has 42 valence electrons. The topological polar surface area (TPSA) is 24.1 Å². The van der Waals surface area contributed by atoms with Gasteiger partial charge in [-0.25, -0.2) is 0 Å². The fraction of sp³-hybridized carbons (Fsp3) is 1.00. The molecule has 1 saturated heterocycles. The zero-order valence-corrected chi connectivity index (χ0v) is 4.70. The lowest BCUT2D eigenvalue weighted by Gasteiger charge is -2.26. The highest BCUT2D eigenvalue weighted by atomic mass is 15.0. The first-order valence-electron chi connectivity index (χ1n) is 2.81. The molecule has 1 fully saturated rings. The minimum absolute atomic E-state index is 0.769. The van der Waals surface area contributed by atoms with E-state index >= 15 is 0 Å². The van der Waals surface area contributed by atoms with E-state index in [1.165, 1.54) is 13.0 Å². The summed E-state index contributed by atoms with van der Waals surface area (Å²) in [6.07, 6.45) is 1.35. The van der Waals surface area contributed by atoms with Gasteiger partial charge in [0, 0.05) is 12.6 Å². The summed E-state index contributed by atoms with van der Waals surface area (Å²) in [6.45, 7) is 2.34. The fourth-order valence-electron chi connectivity index (χ4n) is 0.769. The fourth-order valence-corrected chi connectivity index (χ4v) is 0.769. The number of rotatable bonds is 2. The van der Waals surface area contributed by atoms with Crippen molar-refractivity contribution in [3.63, 3.8) is 0 Å². The highest BCUT2D eigenvalue weighted by Gasteiger charge is 2.13. The van der Waals surface area contributed by atoms with Crippen LogP contribution >= 0.6 is 0 Å². The molecule has 0 spiro atoms. The maximum absolute atomic E-state index is 3.28. The molecular formula is C5H12N2. The molecular weight excluding hydrogens is 88.1 g/mol. The van der Waals surface area contributed by atoms with Crippen LogP contribution in [0, 0.1) is 0 Å². The first kappa shape index (κ1) is 5.06. The standard InChI is InChI=1S/C5H12N2/c1-6-4-5-2-3-7-5/h5-7H,2-4H2,1H3/t5-/m0/s1. The zero-order valence-electron chi connectivity index (χ0n) is 4.70. The molecule has 0 aromatic heterocycles. The van der Waals surface area contributed by atoms with E-state index in [1.54, 1.807) is 0 Å². The average Bonchev–Trinajstić information content (AvgIpc) is 1.55. The highest BCUT2D eigenvalue weighted by molar-refractivity contribution is 4.78. The first-order valence-corrected chi connectivity index (χ1v) is 2.81. The third-order valence-corrected chi connectivity index (χ3v) is 1.38. The van der Waals surface area contributed by atoms with Crippen LogP contribution in [0.15, 0.2) is 0 Å². The molecule has 1 atom stereocenters. The SMILES string of the molecule is CNC[C@@H]1CCN1. The van der Waals surface area contributed by atoms with Crippen LogP contribution in [0.1, 0.15) is 6.42 Å². The molecule has 7 heavy (non-hydrogen) atoms. The Morgan fingerprint density at radius 1 is 1.86 bits per heavy atom. The van der Waals surface area contributed by atoms with E-state index in [4.69, 9.17) is 0 Å². The van der Waals surface area contributed by atoms with Gasteiger partial charge in [0.15, 0.2) is 0 Å². The predicted octanol–water partition coefficient (Wildman–Crippen LogP) is -0.432. The number of hydrogen-bond donors (Lipinski definition) is 2. The minimum atomic E-state index is 0.769. The Bertz CT molecular complexity index is 50.0. The summed E-state index contributed by atoms with van der Waals surface area (Å²) >= 11 is 0. The van der Waals surface area contributed by atoms with Crippen molar-refractivity contribution < 1.29 is 0 Å². The predicted molar refractivity (Wildman–Crippen MR) is 30.3 cm³/mol. The minimum Gasteiger partial charge on any atom is -0.318 e. The van der Waals surface area contributed by atoms with Crippen LogP contribution < -0.4 is 10.6 Å². The van der Waals surface area contributed by atoms with E-state index in [0.29, 0.717) is 0 Å². The smallest absolute Gasteiger partial charge is 0.0204 e. The van der Waals surface area contributed by atoms with Crippen LogP contribution in [0.4, 0.5) is 0 Å². The van der Waals surface area contributed by atoms with Crippen molar-refractivity contribution in [3.8, 4) is 0 Å². The van der Waals surface area contributed by atoms with Crippen molar-refractivity contribution in [1.29, 1.82) is 0 Å². The number of hydrogen-bond acceptors (Lipinski definition) is 2. The Morgan fingerprint density at radius 3 is 2.71 bits per heavy atom. The molecule has 1 rings (SSSR count). The Hall–Kier alpha value is -0.0800. The van der Waals surface area contributed by atoms with Gasteiger partial charge in [-0.05, 0) is 20.0 Å². The van der Waals surface area contributed by atoms with Crippen LogP contribution in [0.2, 0.25) is 0 Å². The third-order valence-electron chi connectivity index (χ3n) is 1.38. The molecule has 0 saturated carbocycles. The monoisotopic (exact) mass is 100 g/mol. The summed E-state index contributed by atoms with van der Waals surface area (Å²) in [5.74, 6) is 0.